The SMILES string of the molecule is CC(C)c1cc2n(n1)CC(C)c1cc(Br)ccc1-2. The van der Waals surface area contributed by atoms with Gasteiger partial charge in [0.25, 0.3) is 0 Å². The Hall–Kier alpha value is -1.09. The summed E-state index contributed by atoms with van der Waals surface area (Å²) in [5.41, 5.74) is 5.20. The van der Waals surface area contributed by atoms with Gasteiger partial charge < -0.3 is 0 Å². The third-order valence-electron chi connectivity index (χ3n) is 3.66. The van der Waals surface area contributed by atoms with Crippen LogP contribution < -0.4 is 0 Å². The van der Waals surface area contributed by atoms with Crippen LogP contribution in [0.2, 0.25) is 0 Å². The molecule has 0 N–H and O–H groups in total. The number of rotatable bonds is 1. The second-order valence-electron chi connectivity index (χ2n) is 5.42. The van der Waals surface area contributed by atoms with Crippen molar-refractivity contribution in [1.82, 2.24) is 9.78 Å². The van der Waals surface area contributed by atoms with E-state index in [4.69, 9.17) is 5.10 Å². The smallest absolute Gasteiger partial charge is 0.0688 e. The molecular weight excluding hydrogens is 288 g/mol. The van der Waals surface area contributed by atoms with Gasteiger partial charge in [0.05, 0.1) is 11.4 Å². The minimum Gasteiger partial charge on any atom is -0.264 e. The van der Waals surface area contributed by atoms with Crippen LogP contribution in [-0.4, -0.2) is 9.78 Å². The number of hydrogen-bond acceptors (Lipinski definition) is 1. The second kappa shape index (κ2) is 4.23. The Labute approximate surface area is 116 Å². The van der Waals surface area contributed by atoms with E-state index in [0.29, 0.717) is 11.8 Å². The van der Waals surface area contributed by atoms with E-state index in [1.807, 2.05) is 0 Å². The number of nitrogens with zero attached hydrogens (tertiary/aromatic N) is 2. The van der Waals surface area contributed by atoms with Crippen LogP contribution in [-0.2, 0) is 6.54 Å². The summed E-state index contributed by atoms with van der Waals surface area (Å²) in [6.45, 7) is 7.64. The molecule has 0 amide bonds. The van der Waals surface area contributed by atoms with Crippen LogP contribution in [0.25, 0.3) is 11.3 Å². The molecule has 3 heteroatoms. The van der Waals surface area contributed by atoms with E-state index in [1.165, 1.54) is 22.5 Å². The second-order valence-corrected chi connectivity index (χ2v) is 6.34. The fourth-order valence-electron chi connectivity index (χ4n) is 2.61. The molecule has 0 spiro atoms. The largest absolute Gasteiger partial charge is 0.264 e. The quantitative estimate of drug-likeness (QED) is 0.755. The van der Waals surface area contributed by atoms with E-state index in [1.54, 1.807) is 0 Å². The molecule has 0 saturated carbocycles. The summed E-state index contributed by atoms with van der Waals surface area (Å²) in [7, 11) is 0. The van der Waals surface area contributed by atoms with Crippen molar-refractivity contribution in [2.45, 2.75) is 39.2 Å². The molecule has 0 fully saturated rings. The Morgan fingerprint density at radius 3 is 2.83 bits per heavy atom. The first-order valence-electron chi connectivity index (χ1n) is 6.44. The number of aromatic nitrogens is 2. The van der Waals surface area contributed by atoms with Gasteiger partial charge in [0.15, 0.2) is 0 Å². The summed E-state index contributed by atoms with van der Waals surface area (Å²) >= 11 is 3.56. The molecule has 3 rings (SSSR count). The maximum atomic E-state index is 4.73. The number of benzene rings is 1. The molecule has 0 radical (unpaired) electrons. The Morgan fingerprint density at radius 1 is 1.33 bits per heavy atom. The summed E-state index contributed by atoms with van der Waals surface area (Å²) < 4.78 is 3.32. The Balaban J connectivity index is 2.19. The molecule has 0 saturated heterocycles. The summed E-state index contributed by atoms with van der Waals surface area (Å²) in [6, 6.07) is 8.80. The van der Waals surface area contributed by atoms with E-state index in [2.05, 4.69) is 65.6 Å². The van der Waals surface area contributed by atoms with Crippen molar-refractivity contribution in [3.63, 3.8) is 0 Å². The van der Waals surface area contributed by atoms with Crippen LogP contribution in [0.3, 0.4) is 0 Å². The molecule has 94 valence electrons. The Kier molecular flexibility index (Phi) is 2.81. The molecule has 1 aromatic carbocycles. The molecule has 2 nitrogen and oxygen atoms in total. The van der Waals surface area contributed by atoms with E-state index in [0.717, 1.165) is 11.0 Å². The van der Waals surface area contributed by atoms with Crippen molar-refractivity contribution in [3.05, 3.63) is 40.0 Å². The zero-order valence-electron chi connectivity index (χ0n) is 10.9. The average Bonchev–Trinajstić information content (AvgIpc) is 2.73. The first kappa shape index (κ1) is 12.0. The van der Waals surface area contributed by atoms with Crippen LogP contribution in [0.4, 0.5) is 0 Å². The van der Waals surface area contributed by atoms with E-state index >= 15 is 0 Å². The van der Waals surface area contributed by atoms with Gasteiger partial charge in [0.2, 0.25) is 0 Å². The molecule has 2 heterocycles. The monoisotopic (exact) mass is 304 g/mol. The molecule has 1 aliphatic heterocycles. The zero-order chi connectivity index (χ0) is 12.9. The lowest BCUT2D eigenvalue weighted by atomic mass is 9.91. The third-order valence-corrected chi connectivity index (χ3v) is 4.15. The molecule has 18 heavy (non-hydrogen) atoms. The minimum absolute atomic E-state index is 0.484. The molecule has 1 aliphatic rings. The van der Waals surface area contributed by atoms with E-state index in [9.17, 15) is 0 Å². The summed E-state index contributed by atoms with van der Waals surface area (Å²) in [5.74, 6) is 1.00. The molecule has 0 aliphatic carbocycles. The first-order chi connectivity index (χ1) is 8.56. The maximum absolute atomic E-state index is 4.73. The lowest BCUT2D eigenvalue weighted by molar-refractivity contribution is 0.526. The molecule has 1 unspecified atom stereocenters. The van der Waals surface area contributed by atoms with Crippen molar-refractivity contribution in [2.75, 3.05) is 0 Å². The topological polar surface area (TPSA) is 17.8 Å². The molecule has 1 aromatic heterocycles. The van der Waals surface area contributed by atoms with Crippen LogP contribution in [0.5, 0.6) is 0 Å². The Bertz CT molecular complexity index is 599. The predicted molar refractivity (Wildman–Crippen MR) is 77.9 cm³/mol. The number of halogens is 1. The summed E-state index contributed by atoms with van der Waals surface area (Å²) in [5, 5.41) is 4.73. The number of fused-ring (bicyclic) bond motifs is 3. The molecule has 1 atom stereocenters. The van der Waals surface area contributed by atoms with Gasteiger partial charge in [-0.25, -0.2) is 0 Å². The van der Waals surface area contributed by atoms with Gasteiger partial charge in [-0.05, 0) is 29.7 Å². The van der Waals surface area contributed by atoms with E-state index < -0.39 is 0 Å². The van der Waals surface area contributed by atoms with Gasteiger partial charge in [-0.2, -0.15) is 5.10 Å². The third kappa shape index (κ3) is 1.81. The predicted octanol–water partition coefficient (Wildman–Crippen LogP) is 4.55. The van der Waals surface area contributed by atoms with Gasteiger partial charge in [0.1, 0.15) is 0 Å². The van der Waals surface area contributed by atoms with Gasteiger partial charge in [-0.1, -0.05) is 42.8 Å². The standard InChI is InChI=1S/C15H17BrN2/c1-9(2)14-7-15-12-5-4-11(16)6-13(12)10(3)8-18(15)17-14/h4-7,9-10H,8H2,1-3H3. The highest BCUT2D eigenvalue weighted by atomic mass is 79.9. The Morgan fingerprint density at radius 2 is 2.11 bits per heavy atom. The maximum Gasteiger partial charge on any atom is 0.0688 e. The first-order valence-corrected chi connectivity index (χ1v) is 7.23. The van der Waals surface area contributed by atoms with Gasteiger partial charge in [-0.15, -0.1) is 0 Å². The molecular formula is C15H17BrN2. The van der Waals surface area contributed by atoms with Crippen molar-refractivity contribution in [3.8, 4) is 11.3 Å². The normalized spacial score (nSPS) is 17.7. The zero-order valence-corrected chi connectivity index (χ0v) is 12.5. The average molecular weight is 305 g/mol. The fourth-order valence-corrected chi connectivity index (χ4v) is 2.99. The van der Waals surface area contributed by atoms with Crippen LogP contribution in [0.15, 0.2) is 28.7 Å². The summed E-state index contributed by atoms with van der Waals surface area (Å²) in [4.78, 5) is 0. The van der Waals surface area contributed by atoms with Crippen LogP contribution >= 0.6 is 15.9 Å². The van der Waals surface area contributed by atoms with Crippen LogP contribution in [0.1, 0.15) is 43.9 Å². The molecule has 2 aromatic rings. The van der Waals surface area contributed by atoms with Gasteiger partial charge in [0, 0.05) is 22.5 Å². The van der Waals surface area contributed by atoms with Crippen LogP contribution in [0, 0.1) is 0 Å². The number of hydrogen-bond donors (Lipinski definition) is 0. The molecule has 0 bridgehead atoms. The van der Waals surface area contributed by atoms with Crippen molar-refractivity contribution in [2.24, 2.45) is 0 Å². The summed E-state index contributed by atoms with van der Waals surface area (Å²) in [6.07, 6.45) is 0. The fraction of sp³-hybridized carbons (Fsp3) is 0.400. The highest BCUT2D eigenvalue weighted by molar-refractivity contribution is 9.10. The van der Waals surface area contributed by atoms with Gasteiger partial charge >= 0.3 is 0 Å². The van der Waals surface area contributed by atoms with Gasteiger partial charge in [-0.3, -0.25) is 4.68 Å². The van der Waals surface area contributed by atoms with E-state index in [-0.39, 0.29) is 0 Å². The van der Waals surface area contributed by atoms with Crippen molar-refractivity contribution < 1.29 is 0 Å². The van der Waals surface area contributed by atoms with Crippen molar-refractivity contribution in [1.29, 1.82) is 0 Å². The lowest BCUT2D eigenvalue weighted by Crippen LogP contribution is -2.15. The lowest BCUT2D eigenvalue weighted by Gasteiger charge is -2.24. The van der Waals surface area contributed by atoms with Crippen molar-refractivity contribution >= 4 is 15.9 Å². The minimum atomic E-state index is 0.484. The highest BCUT2D eigenvalue weighted by Gasteiger charge is 2.24. The highest BCUT2D eigenvalue weighted by Crippen LogP contribution is 2.38.